The van der Waals surface area contributed by atoms with E-state index in [4.69, 9.17) is 18.9 Å². The summed E-state index contributed by atoms with van der Waals surface area (Å²) < 4.78 is 22.7. The summed E-state index contributed by atoms with van der Waals surface area (Å²) in [6, 6.07) is 32.3. The smallest absolute Gasteiger partial charge is 0.261 e. The zero-order valence-corrected chi connectivity index (χ0v) is 27.3. The Bertz CT molecular complexity index is 1900. The summed E-state index contributed by atoms with van der Waals surface area (Å²) in [4.78, 5) is 13.0. The standard InChI is InChI=1S/C40H37N3O5/c1-26-15-17-28(18-16-26)33-22-31(27-11-7-5-8-12-27)21-30(33)19-20-41-36(44)25-48-40-37(29-13-9-6-10-14-29)38(42-43-40)32-23-34(45-2)39(47-4)35(24-32)46-3/h5-24,31,37H,25H2,1-4H3,(H,41,44)/b20-19+. The number of hydrogen-bond donors (Lipinski definition) is 1. The largest absolute Gasteiger partial charge is 0.493 e. The van der Waals surface area contributed by atoms with Crippen molar-refractivity contribution < 1.29 is 23.7 Å². The van der Waals surface area contributed by atoms with Crippen LogP contribution in [-0.4, -0.2) is 45.5 Å². The Labute approximate surface area is 280 Å². The number of carbonyl (C=O) groups excluding carboxylic acids is 1. The van der Waals surface area contributed by atoms with E-state index >= 15 is 0 Å². The number of nitrogens with zero attached hydrogens (tertiary/aromatic N) is 2. The van der Waals surface area contributed by atoms with Gasteiger partial charge in [-0.1, -0.05) is 103 Å². The molecule has 1 aliphatic heterocycles. The molecule has 1 amide bonds. The topological polar surface area (TPSA) is 90.7 Å². The van der Waals surface area contributed by atoms with Crippen LogP contribution in [0.25, 0.3) is 5.57 Å². The lowest BCUT2D eigenvalue weighted by Crippen LogP contribution is -2.28. The second-order valence-electron chi connectivity index (χ2n) is 11.4. The van der Waals surface area contributed by atoms with E-state index < -0.39 is 5.92 Å². The van der Waals surface area contributed by atoms with Crippen LogP contribution in [0.15, 0.2) is 137 Å². The normalized spacial score (nSPS) is 16.9. The number of allylic oxidation sites excluding steroid dienone is 5. The molecule has 1 N–H and O–H groups in total. The molecule has 0 fully saturated rings. The molecule has 48 heavy (non-hydrogen) atoms. The van der Waals surface area contributed by atoms with Crippen LogP contribution >= 0.6 is 0 Å². The first-order valence-corrected chi connectivity index (χ1v) is 15.6. The molecular formula is C40H37N3O5. The maximum atomic E-state index is 13.0. The van der Waals surface area contributed by atoms with E-state index in [-0.39, 0.29) is 18.4 Å². The fourth-order valence-corrected chi connectivity index (χ4v) is 5.87. The number of aryl methyl sites for hydroxylation is 1. The van der Waals surface area contributed by atoms with Gasteiger partial charge in [-0.2, -0.15) is 5.10 Å². The highest BCUT2D eigenvalue weighted by Gasteiger charge is 2.33. The highest BCUT2D eigenvalue weighted by molar-refractivity contribution is 6.20. The maximum Gasteiger partial charge on any atom is 0.261 e. The van der Waals surface area contributed by atoms with Gasteiger partial charge in [-0.25, -0.2) is 0 Å². The molecule has 4 aromatic carbocycles. The van der Waals surface area contributed by atoms with Crippen LogP contribution in [0.1, 0.15) is 39.7 Å². The Hall–Kier alpha value is -5.89. The molecule has 8 nitrogen and oxygen atoms in total. The van der Waals surface area contributed by atoms with Gasteiger partial charge in [0.25, 0.3) is 5.91 Å². The molecule has 8 heteroatoms. The lowest BCUT2D eigenvalue weighted by atomic mass is 9.90. The van der Waals surface area contributed by atoms with Crippen molar-refractivity contribution in [1.29, 1.82) is 0 Å². The Balaban J connectivity index is 1.16. The summed E-state index contributed by atoms with van der Waals surface area (Å²) in [5.41, 5.74) is 7.96. The molecule has 0 radical (unpaired) electrons. The van der Waals surface area contributed by atoms with E-state index in [1.807, 2.05) is 66.7 Å². The van der Waals surface area contributed by atoms with Gasteiger partial charge in [0.2, 0.25) is 11.6 Å². The van der Waals surface area contributed by atoms with Crippen molar-refractivity contribution in [2.24, 2.45) is 10.2 Å². The van der Waals surface area contributed by atoms with E-state index in [0.717, 1.165) is 27.8 Å². The average Bonchev–Trinajstić information content (AvgIpc) is 3.76. The third-order valence-electron chi connectivity index (χ3n) is 8.29. The molecular weight excluding hydrogens is 602 g/mol. The van der Waals surface area contributed by atoms with Crippen molar-refractivity contribution in [3.63, 3.8) is 0 Å². The second kappa shape index (κ2) is 14.7. The lowest BCUT2D eigenvalue weighted by Gasteiger charge is -2.19. The predicted molar refractivity (Wildman–Crippen MR) is 189 cm³/mol. The number of methoxy groups -OCH3 is 3. The van der Waals surface area contributed by atoms with E-state index in [2.05, 4.69) is 71.0 Å². The van der Waals surface area contributed by atoms with E-state index in [1.165, 1.54) is 11.1 Å². The van der Waals surface area contributed by atoms with Crippen molar-refractivity contribution >= 4 is 23.1 Å². The molecule has 2 atom stereocenters. The first-order chi connectivity index (χ1) is 23.5. The van der Waals surface area contributed by atoms with Crippen molar-refractivity contribution in [2.75, 3.05) is 27.9 Å². The molecule has 1 aliphatic carbocycles. The Morgan fingerprint density at radius 2 is 1.42 bits per heavy atom. The van der Waals surface area contributed by atoms with Crippen LogP contribution in [0, 0.1) is 6.92 Å². The molecule has 1 heterocycles. The minimum absolute atomic E-state index is 0.135. The van der Waals surface area contributed by atoms with Gasteiger partial charge < -0.3 is 24.3 Å². The highest BCUT2D eigenvalue weighted by Crippen LogP contribution is 2.41. The van der Waals surface area contributed by atoms with Crippen LogP contribution < -0.4 is 19.5 Å². The Morgan fingerprint density at radius 1 is 0.771 bits per heavy atom. The molecule has 0 saturated heterocycles. The van der Waals surface area contributed by atoms with Crippen molar-refractivity contribution in [3.8, 4) is 17.2 Å². The molecule has 2 unspecified atom stereocenters. The fraction of sp³-hybridized carbons (Fsp3) is 0.175. The summed E-state index contributed by atoms with van der Waals surface area (Å²) in [6.45, 7) is 1.84. The number of rotatable bonds is 11. The summed E-state index contributed by atoms with van der Waals surface area (Å²) in [5, 5.41) is 11.7. The number of benzene rings is 4. The number of nitrogens with one attached hydrogen (secondary N) is 1. The Kier molecular flexibility index (Phi) is 9.81. The summed E-state index contributed by atoms with van der Waals surface area (Å²) in [7, 11) is 4.69. The molecule has 0 aromatic heterocycles. The van der Waals surface area contributed by atoms with Gasteiger partial charge in [0.1, 0.15) is 5.92 Å². The van der Waals surface area contributed by atoms with Crippen LogP contribution in [0.3, 0.4) is 0 Å². The first-order valence-electron chi connectivity index (χ1n) is 15.6. The van der Waals surface area contributed by atoms with E-state index in [9.17, 15) is 4.79 Å². The SMILES string of the molecule is COc1cc(C2=NN=C(OCC(=O)N/C=C/C3=CC(c4ccccc4)C=C3c3ccc(C)cc3)C2c2ccccc2)cc(OC)c1OC. The van der Waals surface area contributed by atoms with Crippen molar-refractivity contribution in [3.05, 3.63) is 155 Å². The summed E-state index contributed by atoms with van der Waals surface area (Å²) >= 11 is 0. The van der Waals surface area contributed by atoms with Gasteiger partial charge in [-0.3, -0.25) is 4.79 Å². The zero-order chi connectivity index (χ0) is 33.5. The van der Waals surface area contributed by atoms with Gasteiger partial charge in [0.15, 0.2) is 18.1 Å². The quantitative estimate of drug-likeness (QED) is 0.185. The van der Waals surface area contributed by atoms with E-state index in [0.29, 0.717) is 28.9 Å². The van der Waals surface area contributed by atoms with Gasteiger partial charge >= 0.3 is 0 Å². The lowest BCUT2D eigenvalue weighted by molar-refractivity contribution is -0.122. The maximum absolute atomic E-state index is 13.0. The highest BCUT2D eigenvalue weighted by atomic mass is 16.5. The second-order valence-corrected chi connectivity index (χ2v) is 11.4. The molecule has 0 saturated carbocycles. The minimum atomic E-state index is -0.446. The fourth-order valence-electron chi connectivity index (χ4n) is 5.87. The van der Waals surface area contributed by atoms with Crippen molar-refractivity contribution in [1.82, 2.24) is 5.32 Å². The molecule has 2 aliphatic rings. The zero-order valence-electron chi connectivity index (χ0n) is 27.3. The summed E-state index contributed by atoms with van der Waals surface area (Å²) in [6.07, 6.45) is 8.07. The third kappa shape index (κ3) is 6.93. The minimum Gasteiger partial charge on any atom is -0.493 e. The van der Waals surface area contributed by atoms with E-state index in [1.54, 1.807) is 27.5 Å². The summed E-state index contributed by atoms with van der Waals surface area (Å²) in [5.74, 6) is 1.16. The molecule has 0 spiro atoms. The molecule has 4 aromatic rings. The number of amides is 1. The molecule has 0 bridgehead atoms. The molecule has 242 valence electrons. The molecule has 6 rings (SSSR count). The number of carbonyl (C=O) groups is 1. The Morgan fingerprint density at radius 3 is 2.04 bits per heavy atom. The van der Waals surface area contributed by atoms with Gasteiger partial charge in [-0.15, -0.1) is 5.10 Å². The van der Waals surface area contributed by atoms with Gasteiger partial charge in [0, 0.05) is 17.7 Å². The van der Waals surface area contributed by atoms with Crippen molar-refractivity contribution in [2.45, 2.75) is 18.8 Å². The average molecular weight is 640 g/mol. The first kappa shape index (κ1) is 32.1. The van der Waals surface area contributed by atoms with Crippen LogP contribution in [-0.2, 0) is 9.53 Å². The van der Waals surface area contributed by atoms with Crippen LogP contribution in [0.2, 0.25) is 0 Å². The van der Waals surface area contributed by atoms with Gasteiger partial charge in [-0.05, 0) is 53.0 Å². The monoisotopic (exact) mass is 639 g/mol. The van der Waals surface area contributed by atoms with Crippen LogP contribution in [0.4, 0.5) is 0 Å². The third-order valence-corrected chi connectivity index (χ3v) is 8.29. The van der Waals surface area contributed by atoms with Gasteiger partial charge in [0.05, 0.1) is 27.0 Å². The number of ether oxygens (including phenoxy) is 4. The number of hydrogen-bond acceptors (Lipinski definition) is 7. The predicted octanol–water partition coefficient (Wildman–Crippen LogP) is 7.37. The van der Waals surface area contributed by atoms with Crippen LogP contribution in [0.5, 0.6) is 17.2 Å².